The van der Waals surface area contributed by atoms with E-state index in [1.165, 1.54) is 0 Å². The first-order chi connectivity index (χ1) is 8.97. The van der Waals surface area contributed by atoms with Crippen LogP contribution in [-0.2, 0) is 18.5 Å². The second-order valence-corrected chi connectivity index (χ2v) is 11.8. The fourth-order valence-corrected chi connectivity index (χ4v) is 6.53. The number of carbonyl (C=O) groups is 1. The van der Waals surface area contributed by atoms with Crippen LogP contribution < -0.4 is 0 Å². The van der Waals surface area contributed by atoms with Gasteiger partial charge in [-0.05, 0) is 19.1 Å². The zero-order chi connectivity index (χ0) is 16.0. The van der Waals surface area contributed by atoms with Crippen LogP contribution in [0.25, 0.3) is 0 Å². The minimum Gasteiger partial charge on any atom is -0.299 e. The maximum Gasteiger partial charge on any atom is 0.276 e. The molecule has 0 aromatic rings. The molecule has 1 atom stereocenters. The molecule has 0 saturated heterocycles. The van der Waals surface area contributed by atoms with E-state index in [1.807, 2.05) is 40.9 Å². The summed E-state index contributed by atoms with van der Waals surface area (Å²) >= 11 is 0. The highest BCUT2D eigenvalue weighted by atomic mass is 32.3. The Morgan fingerprint density at radius 1 is 1.10 bits per heavy atom. The molecule has 0 aliphatic carbocycles. The summed E-state index contributed by atoms with van der Waals surface area (Å²) in [6.07, 6.45) is 4.46. The lowest BCUT2D eigenvalue weighted by molar-refractivity contribution is -0.116. The Labute approximate surface area is 126 Å². The Morgan fingerprint density at radius 3 is 2.05 bits per heavy atom. The van der Waals surface area contributed by atoms with Crippen LogP contribution in [0.5, 0.6) is 0 Å². The van der Waals surface area contributed by atoms with Crippen molar-refractivity contribution in [1.29, 1.82) is 0 Å². The highest BCUT2D eigenvalue weighted by Crippen LogP contribution is 2.58. The first-order valence-electron chi connectivity index (χ1n) is 7.18. The van der Waals surface area contributed by atoms with E-state index >= 15 is 0 Å². The molecule has 0 aliphatic rings. The van der Waals surface area contributed by atoms with E-state index in [2.05, 4.69) is 0 Å². The molecular formula is C14H30O4S2. The molecule has 0 amide bonds. The topological polar surface area (TPSA) is 60.4 Å². The van der Waals surface area contributed by atoms with Crippen LogP contribution >= 0.6 is 10.3 Å². The Hall–Kier alpha value is -0.0700. The number of Topliss-reactive ketones (excluding diaryl/α,β-unsaturated/α-hetero) is 1. The lowest BCUT2D eigenvalue weighted by Gasteiger charge is -2.45. The number of unbranched alkanes of at least 4 members (excludes halogenated alkanes) is 1. The van der Waals surface area contributed by atoms with E-state index in [-0.39, 0.29) is 22.0 Å². The number of hydrogen-bond donors (Lipinski definition) is 0. The van der Waals surface area contributed by atoms with Gasteiger partial charge in [0.1, 0.15) is 5.78 Å². The van der Waals surface area contributed by atoms with Gasteiger partial charge in [0, 0.05) is 11.2 Å². The Morgan fingerprint density at radius 2 is 1.65 bits per heavy atom. The number of ketones is 1. The molecule has 122 valence electrons. The van der Waals surface area contributed by atoms with Gasteiger partial charge < -0.3 is 0 Å². The van der Waals surface area contributed by atoms with Crippen LogP contribution in [0, 0.1) is 0 Å². The largest absolute Gasteiger partial charge is 0.299 e. The van der Waals surface area contributed by atoms with Gasteiger partial charge in [0.05, 0.1) is 11.5 Å². The summed E-state index contributed by atoms with van der Waals surface area (Å²) in [7, 11) is -5.56. The highest BCUT2D eigenvalue weighted by molar-refractivity contribution is 8.33. The van der Waals surface area contributed by atoms with Crippen LogP contribution in [0.4, 0.5) is 0 Å². The van der Waals surface area contributed by atoms with Gasteiger partial charge in [-0.25, -0.2) is 3.63 Å². The van der Waals surface area contributed by atoms with Gasteiger partial charge in [-0.1, -0.05) is 41.0 Å². The lowest BCUT2D eigenvalue weighted by Crippen LogP contribution is -2.33. The number of rotatable bonds is 9. The summed E-state index contributed by atoms with van der Waals surface area (Å²) in [4.78, 5) is 12.0. The van der Waals surface area contributed by atoms with E-state index in [4.69, 9.17) is 3.63 Å². The van der Waals surface area contributed by atoms with Gasteiger partial charge in [-0.15, -0.1) is 10.3 Å². The molecule has 1 unspecified atom stereocenters. The van der Waals surface area contributed by atoms with Gasteiger partial charge in [0.2, 0.25) is 0 Å². The summed E-state index contributed by atoms with van der Waals surface area (Å²) < 4.78 is 29.3. The second kappa shape index (κ2) is 7.80. The predicted octanol–water partition coefficient (Wildman–Crippen LogP) is 3.65. The van der Waals surface area contributed by atoms with Crippen LogP contribution in [0.15, 0.2) is 0 Å². The summed E-state index contributed by atoms with van der Waals surface area (Å²) in [6, 6.07) is 0. The van der Waals surface area contributed by atoms with Crippen molar-refractivity contribution < 1.29 is 16.8 Å². The fourth-order valence-electron chi connectivity index (χ4n) is 1.58. The maximum atomic E-state index is 12.1. The summed E-state index contributed by atoms with van der Waals surface area (Å²) in [5.74, 6) is 0.338. The van der Waals surface area contributed by atoms with Crippen molar-refractivity contribution in [2.75, 3.05) is 17.8 Å². The normalized spacial score (nSPS) is 17.5. The molecular weight excluding hydrogens is 296 g/mol. The minimum atomic E-state index is -3.56. The zero-order valence-corrected chi connectivity index (χ0v) is 15.3. The predicted molar refractivity (Wildman–Crippen MR) is 87.8 cm³/mol. The van der Waals surface area contributed by atoms with Crippen molar-refractivity contribution in [3.8, 4) is 0 Å². The van der Waals surface area contributed by atoms with E-state index < -0.39 is 20.4 Å². The van der Waals surface area contributed by atoms with Crippen molar-refractivity contribution in [3.05, 3.63) is 0 Å². The van der Waals surface area contributed by atoms with E-state index in [0.29, 0.717) is 12.8 Å². The molecule has 0 N–H and O–H groups in total. The summed E-state index contributed by atoms with van der Waals surface area (Å²) in [5, 5.41) is 0. The van der Waals surface area contributed by atoms with Gasteiger partial charge in [0.25, 0.3) is 10.1 Å². The van der Waals surface area contributed by atoms with E-state index in [0.717, 1.165) is 12.8 Å². The molecule has 0 spiro atoms. The van der Waals surface area contributed by atoms with Crippen LogP contribution in [0.1, 0.15) is 60.3 Å². The molecule has 0 aromatic heterocycles. The van der Waals surface area contributed by atoms with Gasteiger partial charge in [-0.2, -0.15) is 8.42 Å². The van der Waals surface area contributed by atoms with Gasteiger partial charge in [0.15, 0.2) is 0 Å². The first kappa shape index (κ1) is 19.9. The van der Waals surface area contributed by atoms with Crippen LogP contribution in [0.2, 0.25) is 0 Å². The molecule has 0 rings (SSSR count). The quantitative estimate of drug-likeness (QED) is 0.649. The van der Waals surface area contributed by atoms with Crippen LogP contribution in [-0.4, -0.2) is 36.7 Å². The highest BCUT2D eigenvalue weighted by Gasteiger charge is 2.39. The summed E-state index contributed by atoms with van der Waals surface area (Å²) in [6.45, 7) is 9.71. The summed E-state index contributed by atoms with van der Waals surface area (Å²) in [5.41, 5.74) is 0. The van der Waals surface area contributed by atoms with Gasteiger partial charge >= 0.3 is 0 Å². The van der Waals surface area contributed by atoms with Crippen molar-refractivity contribution in [1.82, 2.24) is 0 Å². The fraction of sp³-hybridized carbons (Fsp3) is 0.929. The third kappa shape index (κ3) is 6.59. The zero-order valence-electron chi connectivity index (χ0n) is 13.7. The molecule has 4 nitrogen and oxygen atoms in total. The van der Waals surface area contributed by atoms with E-state index in [1.54, 1.807) is 0 Å². The Balaban J connectivity index is 5.12. The van der Waals surface area contributed by atoms with Crippen LogP contribution in [0.3, 0.4) is 0 Å². The standard InChI is InChI=1S/C14H30O4S2/c1-7-9-11-20(16,17)18-19(6,14(3,4)5)12-13(15)10-8-2/h7-12H2,1-6H3. The SMILES string of the molecule is CCCCS(=O)(=O)OS(C)(CC(=O)CCC)C(C)(C)C. The number of carbonyl (C=O) groups excluding carboxylic acids is 1. The molecule has 20 heavy (non-hydrogen) atoms. The molecule has 0 bridgehead atoms. The van der Waals surface area contributed by atoms with Crippen molar-refractivity contribution in [2.45, 2.75) is 65.0 Å². The molecule has 0 radical (unpaired) electrons. The van der Waals surface area contributed by atoms with Crippen molar-refractivity contribution >= 4 is 26.2 Å². The lowest BCUT2D eigenvalue weighted by atomic mass is 10.2. The minimum absolute atomic E-state index is 0.0319. The number of hydrogen-bond acceptors (Lipinski definition) is 4. The molecule has 0 heterocycles. The van der Waals surface area contributed by atoms with Crippen molar-refractivity contribution in [3.63, 3.8) is 0 Å². The molecule has 0 aromatic carbocycles. The van der Waals surface area contributed by atoms with Crippen molar-refractivity contribution in [2.24, 2.45) is 0 Å². The third-order valence-corrected chi connectivity index (χ3v) is 9.55. The average Bonchev–Trinajstić information content (AvgIpc) is 2.24. The monoisotopic (exact) mass is 326 g/mol. The second-order valence-electron chi connectivity index (χ2n) is 6.23. The molecule has 0 aliphatic heterocycles. The van der Waals surface area contributed by atoms with E-state index in [9.17, 15) is 13.2 Å². The average molecular weight is 327 g/mol. The third-order valence-electron chi connectivity index (χ3n) is 3.26. The van der Waals surface area contributed by atoms with Gasteiger partial charge in [-0.3, -0.25) is 4.79 Å². The molecule has 6 heteroatoms. The first-order valence-corrected chi connectivity index (χ1v) is 10.9. The molecule has 0 saturated carbocycles. The Kier molecular flexibility index (Phi) is 7.77. The maximum absolute atomic E-state index is 12.1. The smallest absolute Gasteiger partial charge is 0.276 e. The Bertz CT molecular complexity index is 409. The molecule has 0 fully saturated rings.